The summed E-state index contributed by atoms with van der Waals surface area (Å²) >= 11 is 0. The summed E-state index contributed by atoms with van der Waals surface area (Å²) in [5.41, 5.74) is 2.05. The summed E-state index contributed by atoms with van der Waals surface area (Å²) in [6, 6.07) is 19.2. The monoisotopic (exact) mass is 468 g/mol. The first kappa shape index (κ1) is 22.8. The van der Waals surface area contributed by atoms with Crippen LogP contribution >= 0.6 is 0 Å². The van der Waals surface area contributed by atoms with Crippen LogP contribution in [0.25, 0.3) is 0 Å². The Kier molecular flexibility index (Phi) is 6.37. The average Bonchev–Trinajstić information content (AvgIpc) is 2.92. The van der Waals surface area contributed by atoms with Gasteiger partial charge in [0.1, 0.15) is 11.6 Å². The molecule has 1 heterocycles. The molecule has 0 radical (unpaired) electrons. The van der Waals surface area contributed by atoms with E-state index in [1.807, 2.05) is 37.3 Å². The lowest BCUT2D eigenvalue weighted by atomic mass is 10.0. The molecule has 0 bridgehead atoms. The van der Waals surface area contributed by atoms with E-state index in [2.05, 4.69) is 4.72 Å². The molecular weight excluding hydrogens is 443 g/mol. The summed E-state index contributed by atoms with van der Waals surface area (Å²) in [5, 5.41) is 0. The van der Waals surface area contributed by atoms with Gasteiger partial charge in [-0.3, -0.25) is 9.52 Å². The van der Waals surface area contributed by atoms with Gasteiger partial charge in [0.05, 0.1) is 17.5 Å². The van der Waals surface area contributed by atoms with Crippen LogP contribution < -0.4 is 9.46 Å². The van der Waals surface area contributed by atoms with E-state index in [-0.39, 0.29) is 23.4 Å². The highest BCUT2D eigenvalue weighted by Gasteiger charge is 2.33. The van der Waals surface area contributed by atoms with Gasteiger partial charge in [0.25, 0.3) is 15.9 Å². The van der Waals surface area contributed by atoms with Gasteiger partial charge in [-0.25, -0.2) is 12.8 Å². The van der Waals surface area contributed by atoms with Crippen LogP contribution in [-0.4, -0.2) is 25.3 Å². The highest BCUT2D eigenvalue weighted by molar-refractivity contribution is 7.92. The van der Waals surface area contributed by atoms with Crippen LogP contribution in [-0.2, 0) is 21.4 Å². The van der Waals surface area contributed by atoms with Crippen LogP contribution in [0.15, 0.2) is 77.7 Å². The molecule has 0 fully saturated rings. The quantitative estimate of drug-likeness (QED) is 0.559. The Balaban J connectivity index is 1.66. The van der Waals surface area contributed by atoms with Crippen molar-refractivity contribution in [1.29, 1.82) is 0 Å². The molecule has 1 N–H and O–H groups in total. The number of amides is 1. The molecule has 4 rings (SSSR count). The minimum atomic E-state index is -3.90. The predicted octanol–water partition coefficient (Wildman–Crippen LogP) is 4.89. The number of sulfonamides is 1. The largest absolute Gasteiger partial charge is 0.481 e. The van der Waals surface area contributed by atoms with Crippen LogP contribution in [0.5, 0.6) is 5.75 Å². The third-order valence-electron chi connectivity index (χ3n) is 5.66. The first-order valence-electron chi connectivity index (χ1n) is 10.7. The summed E-state index contributed by atoms with van der Waals surface area (Å²) in [6.45, 7) is 4.01. The fraction of sp³-hybridized carbons (Fsp3) is 0.240. The van der Waals surface area contributed by atoms with Crippen LogP contribution in [0.1, 0.15) is 37.4 Å². The average molecular weight is 469 g/mol. The standard InChI is InChI=1S/C25H25FN2O4S/c1-3-23(18-7-5-4-6-8-18)28-16-19-15-21(11-14-24(19)32-17(2)25(28)29)27-33(30,31)22-12-9-20(26)10-13-22/h4-15,17,23,27H,3,16H2,1-2H3/t17-,23+/m1/s1. The lowest BCUT2D eigenvalue weighted by Crippen LogP contribution is -2.40. The number of carbonyl (C=O) groups is 1. The SMILES string of the molecule is CC[C@@H](c1ccccc1)N1Cc2cc(NS(=O)(=O)c3ccc(F)cc3)ccc2O[C@H](C)C1=O. The van der Waals surface area contributed by atoms with E-state index in [9.17, 15) is 17.6 Å². The van der Waals surface area contributed by atoms with Gasteiger partial charge in [0.2, 0.25) is 0 Å². The number of benzene rings is 3. The number of anilines is 1. The van der Waals surface area contributed by atoms with Crippen molar-refractivity contribution in [1.82, 2.24) is 4.90 Å². The van der Waals surface area contributed by atoms with Gasteiger partial charge in [-0.05, 0) is 61.4 Å². The van der Waals surface area contributed by atoms with Crippen LogP contribution in [0, 0.1) is 5.82 Å². The van der Waals surface area contributed by atoms with Gasteiger partial charge in [-0.1, -0.05) is 37.3 Å². The van der Waals surface area contributed by atoms with Gasteiger partial charge >= 0.3 is 0 Å². The smallest absolute Gasteiger partial charge is 0.264 e. The maximum atomic E-state index is 13.2. The maximum Gasteiger partial charge on any atom is 0.264 e. The number of ether oxygens (including phenoxy) is 1. The molecule has 6 nitrogen and oxygen atoms in total. The minimum absolute atomic E-state index is 0.0457. The molecule has 1 amide bonds. The fourth-order valence-corrected chi connectivity index (χ4v) is 5.07. The molecular formula is C25H25FN2O4S. The zero-order valence-corrected chi connectivity index (χ0v) is 19.2. The summed E-state index contributed by atoms with van der Waals surface area (Å²) < 4.78 is 47.1. The number of carbonyl (C=O) groups excluding carboxylic acids is 1. The Morgan fingerprint density at radius 2 is 1.79 bits per heavy atom. The zero-order valence-electron chi connectivity index (χ0n) is 18.4. The summed E-state index contributed by atoms with van der Waals surface area (Å²) in [6.07, 6.45) is 0.0417. The van der Waals surface area contributed by atoms with Gasteiger partial charge in [0, 0.05) is 11.3 Å². The first-order valence-corrected chi connectivity index (χ1v) is 12.2. The molecule has 0 saturated carbocycles. The molecule has 0 aliphatic carbocycles. The molecule has 0 spiro atoms. The van der Waals surface area contributed by atoms with Gasteiger partial charge < -0.3 is 9.64 Å². The van der Waals surface area contributed by atoms with Crippen LogP contribution in [0.3, 0.4) is 0 Å². The van der Waals surface area contributed by atoms with Crippen molar-refractivity contribution in [2.75, 3.05) is 4.72 Å². The second-order valence-corrected chi connectivity index (χ2v) is 9.63. The number of hydrogen-bond donors (Lipinski definition) is 1. The van der Waals surface area contributed by atoms with Gasteiger partial charge in [0.15, 0.2) is 6.10 Å². The molecule has 0 aromatic heterocycles. The minimum Gasteiger partial charge on any atom is -0.481 e. The number of hydrogen-bond acceptors (Lipinski definition) is 4. The normalized spacial score (nSPS) is 17.0. The zero-order chi connectivity index (χ0) is 23.6. The molecule has 1 aliphatic heterocycles. The number of nitrogens with zero attached hydrogens (tertiary/aromatic N) is 1. The Hall–Kier alpha value is -3.39. The van der Waals surface area contributed by atoms with Crippen molar-refractivity contribution in [2.24, 2.45) is 0 Å². The lowest BCUT2D eigenvalue weighted by Gasteiger charge is -2.31. The molecule has 1 aliphatic rings. The van der Waals surface area contributed by atoms with E-state index in [1.54, 1.807) is 30.0 Å². The Morgan fingerprint density at radius 3 is 2.45 bits per heavy atom. The Labute approximate surface area is 193 Å². The second-order valence-electron chi connectivity index (χ2n) is 7.94. The third-order valence-corrected chi connectivity index (χ3v) is 7.06. The lowest BCUT2D eigenvalue weighted by molar-refractivity contribution is -0.140. The molecule has 3 aromatic carbocycles. The molecule has 33 heavy (non-hydrogen) atoms. The van der Waals surface area contributed by atoms with E-state index in [0.717, 1.165) is 17.7 Å². The summed E-state index contributed by atoms with van der Waals surface area (Å²) in [7, 11) is -3.90. The van der Waals surface area contributed by atoms with Crippen molar-refractivity contribution < 1.29 is 22.3 Å². The van der Waals surface area contributed by atoms with E-state index >= 15 is 0 Å². The third kappa shape index (κ3) is 4.85. The van der Waals surface area contributed by atoms with Crippen molar-refractivity contribution >= 4 is 21.6 Å². The fourth-order valence-electron chi connectivity index (χ4n) is 4.02. The molecule has 0 unspecified atom stereocenters. The van der Waals surface area contributed by atoms with E-state index in [0.29, 0.717) is 23.4 Å². The Bertz CT molecular complexity index is 1250. The van der Waals surface area contributed by atoms with E-state index in [1.165, 1.54) is 12.1 Å². The molecule has 172 valence electrons. The number of fused-ring (bicyclic) bond motifs is 1. The molecule has 8 heteroatoms. The molecule has 3 aromatic rings. The van der Waals surface area contributed by atoms with E-state index < -0.39 is 21.9 Å². The van der Waals surface area contributed by atoms with Crippen molar-refractivity contribution in [2.45, 2.75) is 43.9 Å². The summed E-state index contributed by atoms with van der Waals surface area (Å²) in [5.74, 6) is -0.111. The highest BCUT2D eigenvalue weighted by Crippen LogP contribution is 2.34. The van der Waals surface area contributed by atoms with Crippen LogP contribution in [0.4, 0.5) is 10.1 Å². The number of rotatable bonds is 6. The van der Waals surface area contributed by atoms with Gasteiger partial charge in [-0.15, -0.1) is 0 Å². The Morgan fingerprint density at radius 1 is 1.09 bits per heavy atom. The van der Waals surface area contributed by atoms with Crippen LogP contribution in [0.2, 0.25) is 0 Å². The summed E-state index contributed by atoms with van der Waals surface area (Å²) in [4.78, 5) is 14.9. The topological polar surface area (TPSA) is 75.7 Å². The second kappa shape index (κ2) is 9.23. The number of halogens is 1. The first-order chi connectivity index (χ1) is 15.8. The highest BCUT2D eigenvalue weighted by atomic mass is 32.2. The van der Waals surface area contributed by atoms with E-state index in [4.69, 9.17) is 4.74 Å². The number of nitrogens with one attached hydrogen (secondary N) is 1. The maximum absolute atomic E-state index is 13.2. The van der Waals surface area contributed by atoms with Crippen molar-refractivity contribution in [3.63, 3.8) is 0 Å². The van der Waals surface area contributed by atoms with Crippen molar-refractivity contribution in [3.05, 3.63) is 89.7 Å². The molecule has 2 atom stereocenters. The molecule has 0 saturated heterocycles. The van der Waals surface area contributed by atoms with Crippen molar-refractivity contribution in [3.8, 4) is 5.75 Å². The van der Waals surface area contributed by atoms with Gasteiger partial charge in [-0.2, -0.15) is 0 Å². The predicted molar refractivity (Wildman–Crippen MR) is 124 cm³/mol.